The van der Waals surface area contributed by atoms with E-state index >= 15 is 0 Å². The van der Waals surface area contributed by atoms with Gasteiger partial charge in [0.1, 0.15) is 18.0 Å². The topological polar surface area (TPSA) is 171 Å². The molecular weight excluding hydrogens is 544 g/mol. The fourth-order valence-corrected chi connectivity index (χ4v) is 4.41. The first-order chi connectivity index (χ1) is 19.2. The number of para-hydroxylation sites is 1. The van der Waals surface area contributed by atoms with Gasteiger partial charge in [-0.2, -0.15) is 0 Å². The molecule has 0 aliphatic carbocycles. The maximum absolute atomic E-state index is 13.0. The van der Waals surface area contributed by atoms with Gasteiger partial charge in [0, 0.05) is 17.3 Å². The number of rotatable bonds is 10. The third-order valence-electron chi connectivity index (χ3n) is 5.40. The van der Waals surface area contributed by atoms with Crippen molar-refractivity contribution in [3.63, 3.8) is 0 Å². The summed E-state index contributed by atoms with van der Waals surface area (Å²) in [4.78, 5) is 59.7. The molecule has 0 radical (unpaired) electrons. The molecule has 1 aliphatic rings. The van der Waals surface area contributed by atoms with Gasteiger partial charge in [0.25, 0.3) is 16.8 Å². The van der Waals surface area contributed by atoms with Gasteiger partial charge in [-0.15, -0.1) is 0 Å². The molecule has 40 heavy (non-hydrogen) atoms. The second-order valence-electron chi connectivity index (χ2n) is 8.08. The van der Waals surface area contributed by atoms with Gasteiger partial charge in [-0.05, 0) is 61.2 Å². The monoisotopic (exact) mass is 564 g/mol. The zero-order valence-electron chi connectivity index (χ0n) is 20.8. The third-order valence-corrected chi connectivity index (χ3v) is 6.31. The van der Waals surface area contributed by atoms with Crippen molar-refractivity contribution in [1.82, 2.24) is 4.90 Å². The Balaban J connectivity index is 1.50. The molecule has 1 fully saturated rings. The number of nitro benzene ring substituents is 2. The average molecular weight is 565 g/mol. The molecule has 1 heterocycles. The Labute approximate surface area is 230 Å². The summed E-state index contributed by atoms with van der Waals surface area (Å²) in [5, 5.41) is 24.4. The Kier molecular flexibility index (Phi) is 8.39. The summed E-state index contributed by atoms with van der Waals surface area (Å²) >= 11 is 0.624. The largest absolute Gasteiger partial charge is 0.494 e. The van der Waals surface area contributed by atoms with Crippen molar-refractivity contribution in [2.24, 2.45) is 0 Å². The molecular formula is C26H20N4O9S. The number of carbonyl (C=O) groups excluding carboxylic acids is 3. The Morgan fingerprint density at radius 1 is 1.00 bits per heavy atom. The summed E-state index contributed by atoms with van der Waals surface area (Å²) in [5.74, 6) is -0.811. The fourth-order valence-electron chi connectivity index (χ4n) is 3.58. The van der Waals surface area contributed by atoms with Crippen molar-refractivity contribution in [2.75, 3.05) is 18.5 Å². The molecule has 0 atom stereocenters. The lowest BCUT2D eigenvalue weighted by molar-refractivity contribution is -0.394. The van der Waals surface area contributed by atoms with E-state index in [0.717, 1.165) is 23.1 Å². The first-order valence-electron chi connectivity index (χ1n) is 11.6. The minimum absolute atomic E-state index is 0.00752. The maximum Gasteiger partial charge on any atom is 0.318 e. The number of hydrogen-bond donors (Lipinski definition) is 1. The van der Waals surface area contributed by atoms with Crippen LogP contribution in [-0.2, 0) is 9.59 Å². The highest BCUT2D eigenvalue weighted by Crippen LogP contribution is 2.38. The lowest BCUT2D eigenvalue weighted by Gasteiger charge is -2.13. The number of amides is 3. The van der Waals surface area contributed by atoms with Gasteiger partial charge in [0.2, 0.25) is 11.7 Å². The zero-order valence-corrected chi connectivity index (χ0v) is 21.6. The average Bonchev–Trinajstić information content (AvgIpc) is 3.18. The predicted octanol–water partition coefficient (Wildman–Crippen LogP) is 5.37. The zero-order chi connectivity index (χ0) is 28.8. The first-order valence-corrected chi connectivity index (χ1v) is 12.5. The summed E-state index contributed by atoms with van der Waals surface area (Å²) in [6.07, 6.45) is 1.36. The molecule has 3 aromatic carbocycles. The number of ether oxygens (including phenoxy) is 2. The number of non-ortho nitro benzene ring substituents is 1. The van der Waals surface area contributed by atoms with Crippen LogP contribution in [0.1, 0.15) is 12.5 Å². The summed E-state index contributed by atoms with van der Waals surface area (Å²) in [5.41, 5.74) is -0.336. The van der Waals surface area contributed by atoms with Crippen LogP contribution in [0.2, 0.25) is 0 Å². The van der Waals surface area contributed by atoms with E-state index < -0.39 is 44.8 Å². The SMILES string of the molecule is CCOc1ccc(NC(=O)CN2C(=O)S/C(=C/c3ccccc3Oc3ccc([N+](=O)[O-])cc3[N+](=O)[O-])C2=O)cc1. The van der Waals surface area contributed by atoms with Gasteiger partial charge in [0.15, 0.2) is 0 Å². The highest BCUT2D eigenvalue weighted by Gasteiger charge is 2.36. The van der Waals surface area contributed by atoms with Gasteiger partial charge in [-0.3, -0.25) is 39.5 Å². The molecule has 0 unspecified atom stereocenters. The van der Waals surface area contributed by atoms with Crippen LogP contribution in [0.25, 0.3) is 6.08 Å². The molecule has 14 heteroatoms. The summed E-state index contributed by atoms with van der Waals surface area (Å²) in [7, 11) is 0. The lowest BCUT2D eigenvalue weighted by Crippen LogP contribution is -2.36. The van der Waals surface area contributed by atoms with E-state index in [1.165, 1.54) is 12.1 Å². The van der Waals surface area contributed by atoms with E-state index in [1.807, 2.05) is 6.92 Å². The molecule has 4 rings (SSSR count). The summed E-state index contributed by atoms with van der Waals surface area (Å²) in [6.45, 7) is 1.82. The van der Waals surface area contributed by atoms with Crippen molar-refractivity contribution in [1.29, 1.82) is 0 Å². The molecule has 1 saturated heterocycles. The number of nitrogens with one attached hydrogen (secondary N) is 1. The van der Waals surface area contributed by atoms with Crippen LogP contribution in [0.4, 0.5) is 21.9 Å². The smallest absolute Gasteiger partial charge is 0.318 e. The molecule has 1 N–H and O–H groups in total. The van der Waals surface area contributed by atoms with E-state index in [0.29, 0.717) is 35.4 Å². The quantitative estimate of drug-likeness (QED) is 0.192. The Bertz CT molecular complexity index is 1540. The number of imide groups is 1. The molecule has 0 aromatic heterocycles. The number of thioether (sulfide) groups is 1. The molecule has 3 amide bonds. The number of benzene rings is 3. The lowest BCUT2D eigenvalue weighted by atomic mass is 10.1. The Morgan fingerprint density at radius 2 is 1.73 bits per heavy atom. The molecule has 204 valence electrons. The van der Waals surface area contributed by atoms with Gasteiger partial charge in [-0.1, -0.05) is 18.2 Å². The molecule has 13 nitrogen and oxygen atoms in total. The molecule has 0 bridgehead atoms. The van der Waals surface area contributed by atoms with Gasteiger partial charge in [0.05, 0.1) is 27.4 Å². The Morgan fingerprint density at radius 3 is 2.40 bits per heavy atom. The van der Waals surface area contributed by atoms with E-state index in [1.54, 1.807) is 42.5 Å². The third kappa shape index (κ3) is 6.42. The van der Waals surface area contributed by atoms with Crippen LogP contribution in [0.3, 0.4) is 0 Å². The van der Waals surface area contributed by atoms with E-state index in [9.17, 15) is 34.6 Å². The number of hydrogen-bond acceptors (Lipinski definition) is 10. The van der Waals surface area contributed by atoms with Crippen molar-refractivity contribution >= 4 is 52.0 Å². The molecule has 1 aliphatic heterocycles. The Hall–Kier alpha value is -5.24. The van der Waals surface area contributed by atoms with E-state index in [2.05, 4.69) is 5.32 Å². The van der Waals surface area contributed by atoms with Crippen molar-refractivity contribution < 1.29 is 33.7 Å². The maximum atomic E-state index is 13.0. The minimum Gasteiger partial charge on any atom is -0.494 e. The number of anilines is 1. The second-order valence-corrected chi connectivity index (χ2v) is 9.07. The van der Waals surface area contributed by atoms with E-state index in [-0.39, 0.29) is 16.4 Å². The normalized spacial score (nSPS) is 13.8. The van der Waals surface area contributed by atoms with Crippen LogP contribution >= 0.6 is 11.8 Å². The highest BCUT2D eigenvalue weighted by atomic mass is 32.2. The van der Waals surface area contributed by atoms with Crippen molar-refractivity contribution in [3.8, 4) is 17.2 Å². The van der Waals surface area contributed by atoms with Gasteiger partial charge >= 0.3 is 5.69 Å². The van der Waals surface area contributed by atoms with Gasteiger partial charge in [-0.25, -0.2) is 0 Å². The summed E-state index contributed by atoms with van der Waals surface area (Å²) in [6, 6.07) is 15.8. The fraction of sp³-hybridized carbons (Fsp3) is 0.115. The van der Waals surface area contributed by atoms with Crippen LogP contribution in [-0.4, -0.2) is 45.0 Å². The molecule has 0 spiro atoms. The van der Waals surface area contributed by atoms with Crippen LogP contribution in [0.15, 0.2) is 71.6 Å². The second kappa shape index (κ2) is 12.1. The first kappa shape index (κ1) is 27.8. The number of nitro groups is 2. The highest BCUT2D eigenvalue weighted by molar-refractivity contribution is 8.18. The van der Waals surface area contributed by atoms with Crippen LogP contribution < -0.4 is 14.8 Å². The predicted molar refractivity (Wildman–Crippen MR) is 145 cm³/mol. The summed E-state index contributed by atoms with van der Waals surface area (Å²) < 4.78 is 11.0. The molecule has 3 aromatic rings. The number of carbonyl (C=O) groups is 3. The van der Waals surface area contributed by atoms with Crippen molar-refractivity contribution in [2.45, 2.75) is 6.92 Å². The standard InChI is InChI=1S/C26H20N4O9S/c1-2-38-19-10-7-17(8-11-19)27-24(31)15-28-25(32)23(40-26(28)33)13-16-5-3-4-6-21(16)39-22-12-9-18(29(34)35)14-20(22)30(36)37/h3-14H,2,15H2,1H3,(H,27,31)/b23-13+. The van der Waals surface area contributed by atoms with Crippen LogP contribution in [0.5, 0.6) is 17.2 Å². The number of nitrogens with zero attached hydrogens (tertiary/aromatic N) is 3. The minimum atomic E-state index is -0.811. The van der Waals surface area contributed by atoms with Gasteiger partial charge < -0.3 is 14.8 Å². The molecule has 0 saturated carbocycles. The van der Waals surface area contributed by atoms with Crippen LogP contribution in [0, 0.1) is 20.2 Å². The van der Waals surface area contributed by atoms with E-state index in [4.69, 9.17) is 9.47 Å². The van der Waals surface area contributed by atoms with Crippen molar-refractivity contribution in [3.05, 3.63) is 97.4 Å².